The van der Waals surface area contributed by atoms with Gasteiger partial charge in [-0.3, -0.25) is 19.2 Å². The van der Waals surface area contributed by atoms with Crippen molar-refractivity contribution in [1.29, 1.82) is 0 Å². The van der Waals surface area contributed by atoms with E-state index in [9.17, 15) is 39.6 Å². The Hall–Kier alpha value is -4.92. The molecule has 16 fully saturated rings. The largest absolute Gasteiger partial charge is 0.390 e. The van der Waals surface area contributed by atoms with Crippen LogP contribution in [0, 0.1) is 162 Å². The molecule has 35 atom stereocenters. The molecule has 0 amide bonds. The lowest BCUT2D eigenvalue weighted by molar-refractivity contribution is -0.152. The summed E-state index contributed by atoms with van der Waals surface area (Å²) in [6, 6.07) is -0.765. The molecule has 119 heavy (non-hydrogen) atoms. The van der Waals surface area contributed by atoms with Crippen LogP contribution in [-0.4, -0.2) is 126 Å². The molecule has 4 N–H and O–H groups in total. The summed E-state index contributed by atoms with van der Waals surface area (Å²) in [5.41, 5.74) is 0.183. The lowest BCUT2D eigenvalue weighted by atomic mass is 9.44. The van der Waals surface area contributed by atoms with E-state index in [2.05, 4.69) is 96.2 Å². The predicted octanol–water partition coefficient (Wildman–Crippen LogP) is 18.7. The van der Waals surface area contributed by atoms with Crippen molar-refractivity contribution in [3.63, 3.8) is 0 Å². The molecule has 0 bridgehead atoms. The fraction of sp³-hybridized carbons (Fsp3) is 0.879. The van der Waals surface area contributed by atoms with E-state index in [4.69, 9.17) is 0 Å². The zero-order chi connectivity index (χ0) is 84.4. The highest BCUT2D eigenvalue weighted by molar-refractivity contribution is 5.87. The Morgan fingerprint density at radius 3 is 0.924 bits per heavy atom. The van der Waals surface area contributed by atoms with Gasteiger partial charge in [-0.2, -0.15) is 35.1 Å². The van der Waals surface area contributed by atoms with E-state index >= 15 is 0 Å². The maximum absolute atomic E-state index is 13.5. The Kier molecular flexibility index (Phi) is 22.7. The molecule has 0 aliphatic heterocycles. The van der Waals surface area contributed by atoms with Crippen LogP contribution in [0.3, 0.4) is 0 Å². The first kappa shape index (κ1) is 86.2. The predicted molar refractivity (Wildman–Crippen MR) is 458 cm³/mol. The number of fused-ring (bicyclic) bond motifs is 20. The third-order valence-corrected chi connectivity index (χ3v) is 41.7. The lowest BCUT2D eigenvalue weighted by Gasteiger charge is -2.61. The molecule has 16 aliphatic carbocycles. The average molecular weight is 1640 g/mol. The van der Waals surface area contributed by atoms with Crippen molar-refractivity contribution in [3.05, 3.63) is 49.8 Å². The smallest absolute Gasteiger partial charge is 0.162 e. The summed E-state index contributed by atoms with van der Waals surface area (Å²) in [5, 5.41) is 71.8. The van der Waals surface area contributed by atoms with E-state index < -0.39 is 22.4 Å². The number of carbonyl (C=O) groups excluding carboxylic acids is 4. The molecule has 4 aromatic rings. The van der Waals surface area contributed by atoms with Gasteiger partial charge in [0.2, 0.25) is 0 Å². The average Bonchev–Trinajstić information content (AvgIpc) is 1.66. The van der Waals surface area contributed by atoms with Gasteiger partial charge >= 0.3 is 0 Å². The van der Waals surface area contributed by atoms with Crippen molar-refractivity contribution in [1.82, 2.24) is 59.7 Å². The number of carbonyl (C=O) groups is 4. The summed E-state index contributed by atoms with van der Waals surface area (Å²) in [7, 11) is 0. The topological polar surface area (TPSA) is 272 Å². The third-order valence-electron chi connectivity index (χ3n) is 41.7. The number of rotatable bonds is 12. The number of aliphatic hydroxyl groups is 4. The first-order valence-electron chi connectivity index (χ1n) is 48.6. The van der Waals surface area contributed by atoms with Crippen LogP contribution >= 0.6 is 0 Å². The molecular formula is C99H154N12O8. The van der Waals surface area contributed by atoms with Gasteiger partial charge < -0.3 is 20.4 Å². The Bertz CT molecular complexity index is 3940. The molecule has 20 heteroatoms. The minimum Gasteiger partial charge on any atom is -0.390 e. The van der Waals surface area contributed by atoms with E-state index in [1.54, 1.807) is 56.3 Å². The van der Waals surface area contributed by atoms with Gasteiger partial charge in [0.05, 0.1) is 53.4 Å². The highest BCUT2D eigenvalue weighted by Gasteiger charge is 2.68. The molecule has 0 spiro atoms. The monoisotopic (exact) mass is 1640 g/mol. The fourth-order valence-corrected chi connectivity index (χ4v) is 34.7. The number of hydrogen-bond donors (Lipinski definition) is 4. The summed E-state index contributed by atoms with van der Waals surface area (Å²) in [5.74, 6) is 13.5. The maximum atomic E-state index is 13.5. The highest BCUT2D eigenvalue weighted by Crippen LogP contribution is 2.74. The van der Waals surface area contributed by atoms with E-state index in [-0.39, 0.29) is 63.5 Å². The second kappa shape index (κ2) is 31.3. The normalized spacial score (nSPS) is 49.1. The second-order valence-corrected chi connectivity index (χ2v) is 47.5. The van der Waals surface area contributed by atoms with Crippen LogP contribution in [0.4, 0.5) is 0 Å². The van der Waals surface area contributed by atoms with E-state index in [0.29, 0.717) is 98.7 Å². The van der Waals surface area contributed by atoms with Crippen molar-refractivity contribution >= 4 is 23.1 Å². The van der Waals surface area contributed by atoms with Gasteiger partial charge in [0.1, 0.15) is 37.3 Å². The maximum Gasteiger partial charge on any atom is 0.162 e. The highest BCUT2D eigenvalue weighted by atomic mass is 16.3. The number of aromatic nitrogens is 12. The van der Waals surface area contributed by atoms with Crippen LogP contribution in [0.2, 0.25) is 0 Å². The van der Waals surface area contributed by atoms with E-state index in [1.807, 2.05) is 54.7 Å². The van der Waals surface area contributed by atoms with Gasteiger partial charge in [-0.1, -0.05) is 60.6 Å². The lowest BCUT2D eigenvalue weighted by Crippen LogP contribution is -2.55. The number of Topliss-reactive ketones (excluding diaryl/α,β-unsaturated/α-hetero) is 4. The molecule has 4 aromatic heterocycles. The number of nitrogens with zero attached hydrogens (tertiary/aromatic N) is 12. The first-order chi connectivity index (χ1) is 56.2. The van der Waals surface area contributed by atoms with Crippen LogP contribution in [0.1, 0.15) is 353 Å². The Balaban J connectivity index is 0.000000113. The summed E-state index contributed by atoms with van der Waals surface area (Å²) in [4.78, 5) is 60.9. The van der Waals surface area contributed by atoms with Gasteiger partial charge in [0, 0.05) is 29.9 Å². The first-order valence-corrected chi connectivity index (χ1v) is 48.6. The van der Waals surface area contributed by atoms with Crippen LogP contribution in [-0.2, 0) is 25.7 Å². The van der Waals surface area contributed by atoms with Gasteiger partial charge in [-0.25, -0.2) is 14.3 Å². The van der Waals surface area contributed by atoms with Crippen molar-refractivity contribution < 1.29 is 39.6 Å². The number of ketones is 4. The molecule has 4 heterocycles. The Labute approximate surface area is 712 Å². The van der Waals surface area contributed by atoms with Gasteiger partial charge in [0.25, 0.3) is 0 Å². The molecule has 20 rings (SSSR count). The molecule has 16 saturated carbocycles. The van der Waals surface area contributed by atoms with Gasteiger partial charge in [-0.15, -0.1) is 5.10 Å². The van der Waals surface area contributed by atoms with E-state index in [1.165, 1.54) is 160 Å². The molecule has 658 valence electrons. The van der Waals surface area contributed by atoms with E-state index in [0.717, 1.165) is 124 Å². The summed E-state index contributed by atoms with van der Waals surface area (Å²) >= 11 is 0. The number of hydrogen-bond acceptors (Lipinski definition) is 16. The second-order valence-electron chi connectivity index (χ2n) is 47.5. The quantitative estimate of drug-likeness (QED) is 0.103. The fourth-order valence-electron chi connectivity index (χ4n) is 34.7. The van der Waals surface area contributed by atoms with Gasteiger partial charge in [0.15, 0.2) is 23.1 Å². The third kappa shape index (κ3) is 14.8. The van der Waals surface area contributed by atoms with Crippen LogP contribution in [0.5, 0.6) is 0 Å². The molecule has 0 unspecified atom stereocenters. The van der Waals surface area contributed by atoms with Crippen LogP contribution in [0.25, 0.3) is 0 Å². The van der Waals surface area contributed by atoms with Crippen LogP contribution < -0.4 is 0 Å². The molecule has 0 radical (unpaired) electrons. The van der Waals surface area contributed by atoms with Gasteiger partial charge in [-0.05, 0) is 418 Å². The Morgan fingerprint density at radius 1 is 0.336 bits per heavy atom. The molecule has 20 nitrogen and oxygen atoms in total. The van der Waals surface area contributed by atoms with Crippen molar-refractivity contribution in [2.45, 2.75) is 382 Å². The summed E-state index contributed by atoms with van der Waals surface area (Å²) in [6.45, 7) is 34.3. The van der Waals surface area contributed by atoms with Crippen molar-refractivity contribution in [3.8, 4) is 0 Å². The molecule has 16 aliphatic rings. The summed E-state index contributed by atoms with van der Waals surface area (Å²) < 4.78 is 3.41. The zero-order valence-electron chi connectivity index (χ0n) is 75.8. The molecule has 0 aromatic carbocycles. The summed E-state index contributed by atoms with van der Waals surface area (Å²) in [6.07, 6.45) is 54.6. The van der Waals surface area contributed by atoms with Crippen molar-refractivity contribution in [2.75, 3.05) is 0 Å². The van der Waals surface area contributed by atoms with Crippen LogP contribution in [0.15, 0.2) is 49.8 Å². The molecule has 0 saturated heterocycles. The minimum atomic E-state index is -0.470. The minimum absolute atomic E-state index is 0.128. The SMILES string of the molecule is C[C@@H](C(=O)[C@H]1CC[C@H]2[C@@H]3CC[C@@H]4C[C@](C)(O)CC[C@]4(C)[C@H]3CC[C@]12C)n1nccn1.C[C@@]1(O)CC[C@@]2(C)[C@H](CC[C@@H]3[C@@H]2CC[C@]2(C)[C@@H](C(=O)Cn4cncn4)CC[C@@H]32)C1.C[C@H](C(=O)[C@H]1CC[C@H]2[C@@H]3CC[C@@H]4C[C@](C)(O)CC[C@]4(C)[C@H]3CC[C@]12C)n1ccnn1.C[C@H](C(=O)[C@H]1CC[C@H]2[C@@H]3CC[C@@H]4C[C@](C)(O)CC[C@]4(C)[C@H]3CC[C@]12C)n1nccn1. The molecular weight excluding hydrogens is 1490 g/mol. The Morgan fingerprint density at radius 2 is 0.630 bits per heavy atom. The zero-order valence-corrected chi connectivity index (χ0v) is 75.8. The standard InChI is InChI=1S/3C25H39N3O2.C24H37N3O2/c1-16(28-14-13-26-27-28)22(29)21-8-7-19-18-6-5-17-15-23(2,30)11-12-24(17,3)20(18)9-10-25(19,21)4;2*1-16(28-26-13-14-27-28)22(29)21-8-7-19-18-6-5-17-15-23(2,30)11-12-24(17,3)20(18)9-10-25(19,21)4;1-22(29)10-11-23(2)16(12-22)4-5-17-18-6-7-20(24(18,3)9-8-19(17)23)21(28)13-27-15-25-14-26-27/h3*13-14,16-21,30H,5-12,15H2,1-4H3;14-20,29H,4-13H2,1-3H3/t16-,17-,18+,19+,20+,21-,23-,24+,25+;16-,17+,18-,19-,20-,21+,23+,24-,25-;16-,17-,18+,19+,20+,21-,23-,24+,25+;16-,17+,18+,19+,20-,22-,23+,24+/m1011/s1. The van der Waals surface area contributed by atoms with Crippen molar-refractivity contribution in [2.24, 2.45) is 162 Å².